The lowest BCUT2D eigenvalue weighted by Crippen LogP contribution is -2.36. The summed E-state index contributed by atoms with van der Waals surface area (Å²) < 4.78 is 5.95. The maximum Gasteiger partial charge on any atom is 0.312 e. The van der Waals surface area contributed by atoms with Crippen LogP contribution in [0.15, 0.2) is 0 Å². The number of amides is 2. The third-order valence-corrected chi connectivity index (χ3v) is 4.43. The van der Waals surface area contributed by atoms with Crippen molar-refractivity contribution in [3.05, 3.63) is 0 Å². The molecule has 0 aliphatic rings. The van der Waals surface area contributed by atoms with Crippen molar-refractivity contribution in [2.45, 2.75) is 91.1 Å². The van der Waals surface area contributed by atoms with Crippen molar-refractivity contribution >= 4 is 6.03 Å². The molecule has 132 valence electrons. The maximum absolute atomic E-state index is 10.7. The van der Waals surface area contributed by atoms with Gasteiger partial charge in [0, 0.05) is 13.2 Å². The smallest absolute Gasteiger partial charge is 0.312 e. The Kier molecular flexibility index (Phi) is 12.3. The van der Waals surface area contributed by atoms with Crippen LogP contribution in [0.1, 0.15) is 85.5 Å². The average Bonchev–Trinajstić information content (AvgIpc) is 2.44. The zero-order chi connectivity index (χ0) is 16.8. The van der Waals surface area contributed by atoms with Crippen LogP contribution in [0.5, 0.6) is 0 Å². The molecule has 0 spiro atoms. The van der Waals surface area contributed by atoms with Crippen LogP contribution in [-0.2, 0) is 4.74 Å². The van der Waals surface area contributed by atoms with Gasteiger partial charge in [-0.15, -0.1) is 0 Å². The molecule has 1 atom stereocenters. The molecule has 22 heavy (non-hydrogen) atoms. The van der Waals surface area contributed by atoms with E-state index in [0.717, 1.165) is 19.4 Å². The van der Waals surface area contributed by atoms with Crippen molar-refractivity contribution in [2.75, 3.05) is 13.2 Å². The number of carbonyl (C=O) groups excluding carboxylic acids is 1. The molecule has 0 aromatic heterocycles. The first-order valence-corrected chi connectivity index (χ1v) is 9.11. The first-order chi connectivity index (χ1) is 10.4. The van der Waals surface area contributed by atoms with Gasteiger partial charge in [0.25, 0.3) is 0 Å². The largest absolute Gasteiger partial charge is 0.376 e. The Morgan fingerprint density at radius 3 is 2.23 bits per heavy atom. The Bertz CT molecular complexity index is 280. The molecule has 1 unspecified atom stereocenters. The molecule has 0 aromatic rings. The average molecular weight is 315 g/mol. The molecular weight excluding hydrogens is 276 g/mol. The number of rotatable bonds is 14. The van der Waals surface area contributed by atoms with Gasteiger partial charge in [0.1, 0.15) is 0 Å². The van der Waals surface area contributed by atoms with Crippen LogP contribution in [0, 0.1) is 5.92 Å². The molecule has 0 aliphatic heterocycles. The van der Waals surface area contributed by atoms with Gasteiger partial charge < -0.3 is 15.8 Å². The normalized spacial score (nSPS) is 13.1. The summed E-state index contributed by atoms with van der Waals surface area (Å²) in [5.74, 6) is 0.535. The topological polar surface area (TPSA) is 64.3 Å². The minimum absolute atomic E-state index is 0.0924. The summed E-state index contributed by atoms with van der Waals surface area (Å²) in [5.41, 5.74) is 5.01. The molecule has 2 amide bonds. The number of nitrogens with two attached hydrogens (primary N) is 1. The van der Waals surface area contributed by atoms with Crippen LogP contribution in [-0.4, -0.2) is 24.8 Å². The zero-order valence-corrected chi connectivity index (χ0v) is 15.2. The van der Waals surface area contributed by atoms with Crippen LogP contribution in [0.4, 0.5) is 4.79 Å². The van der Waals surface area contributed by atoms with E-state index < -0.39 is 6.03 Å². The molecule has 0 rings (SSSR count). The first kappa shape index (κ1) is 21.2. The molecule has 4 nitrogen and oxygen atoms in total. The predicted octanol–water partition coefficient (Wildman–Crippen LogP) is 4.62. The van der Waals surface area contributed by atoms with Crippen LogP contribution in [0.25, 0.3) is 0 Å². The van der Waals surface area contributed by atoms with E-state index in [4.69, 9.17) is 10.5 Å². The molecule has 0 fully saturated rings. The van der Waals surface area contributed by atoms with E-state index in [1.807, 2.05) is 0 Å². The van der Waals surface area contributed by atoms with Gasteiger partial charge in [0.2, 0.25) is 0 Å². The first-order valence-electron chi connectivity index (χ1n) is 9.11. The molecule has 3 N–H and O–H groups in total. The van der Waals surface area contributed by atoms with Crippen LogP contribution in [0.3, 0.4) is 0 Å². The molecule has 0 radical (unpaired) electrons. The Labute approximate surface area is 137 Å². The highest BCUT2D eigenvalue weighted by molar-refractivity contribution is 5.71. The van der Waals surface area contributed by atoms with Crippen LogP contribution >= 0.6 is 0 Å². The molecular formula is C18H38N2O2. The highest BCUT2D eigenvalue weighted by Gasteiger charge is 2.29. The number of ether oxygens (including phenoxy) is 1. The molecule has 0 aromatic carbocycles. The van der Waals surface area contributed by atoms with Gasteiger partial charge in [-0.3, -0.25) is 0 Å². The second-order valence-electron chi connectivity index (χ2n) is 6.72. The maximum atomic E-state index is 10.7. The number of urea groups is 1. The second kappa shape index (κ2) is 12.7. The SMILES string of the molecule is CCCCCCCCC(CCCNC(N)=O)C(C)(C)OCC. The van der Waals surface area contributed by atoms with E-state index in [0.29, 0.717) is 12.5 Å². The molecule has 0 saturated carbocycles. The van der Waals surface area contributed by atoms with Crippen molar-refractivity contribution < 1.29 is 9.53 Å². The summed E-state index contributed by atoms with van der Waals surface area (Å²) in [5, 5.41) is 2.67. The monoisotopic (exact) mass is 314 g/mol. The molecule has 0 bridgehead atoms. The second-order valence-corrected chi connectivity index (χ2v) is 6.72. The van der Waals surface area contributed by atoms with Gasteiger partial charge in [-0.05, 0) is 46.0 Å². The number of primary amides is 1. The minimum atomic E-state index is -0.434. The van der Waals surface area contributed by atoms with E-state index in [1.165, 1.54) is 44.9 Å². The summed E-state index contributed by atoms with van der Waals surface area (Å²) in [6.07, 6.45) is 11.2. The lowest BCUT2D eigenvalue weighted by Gasteiger charge is -2.34. The molecule has 0 saturated heterocycles. The van der Waals surface area contributed by atoms with E-state index in [1.54, 1.807) is 0 Å². The molecule has 4 heteroatoms. The van der Waals surface area contributed by atoms with Crippen molar-refractivity contribution in [3.63, 3.8) is 0 Å². The van der Waals surface area contributed by atoms with E-state index >= 15 is 0 Å². The molecule has 0 aliphatic carbocycles. The van der Waals surface area contributed by atoms with Gasteiger partial charge in [-0.2, -0.15) is 0 Å². The van der Waals surface area contributed by atoms with Gasteiger partial charge in [0.15, 0.2) is 0 Å². The highest BCUT2D eigenvalue weighted by Crippen LogP contribution is 2.30. The zero-order valence-electron chi connectivity index (χ0n) is 15.2. The third-order valence-electron chi connectivity index (χ3n) is 4.43. The fraction of sp³-hybridized carbons (Fsp3) is 0.944. The Morgan fingerprint density at radius 2 is 1.64 bits per heavy atom. The predicted molar refractivity (Wildman–Crippen MR) is 94.0 cm³/mol. The number of hydrogen-bond acceptors (Lipinski definition) is 2. The van der Waals surface area contributed by atoms with Gasteiger partial charge in [-0.25, -0.2) is 4.79 Å². The minimum Gasteiger partial charge on any atom is -0.376 e. The van der Waals surface area contributed by atoms with Crippen LogP contribution < -0.4 is 11.1 Å². The summed E-state index contributed by atoms with van der Waals surface area (Å²) in [6.45, 7) is 10.1. The lowest BCUT2D eigenvalue weighted by molar-refractivity contribution is -0.0603. The highest BCUT2D eigenvalue weighted by atomic mass is 16.5. The lowest BCUT2D eigenvalue weighted by atomic mass is 9.82. The fourth-order valence-electron chi connectivity index (χ4n) is 3.06. The van der Waals surface area contributed by atoms with Crippen molar-refractivity contribution in [2.24, 2.45) is 11.7 Å². The summed E-state index contributed by atoms with van der Waals surface area (Å²) in [4.78, 5) is 10.7. The van der Waals surface area contributed by atoms with Gasteiger partial charge >= 0.3 is 6.03 Å². The summed E-state index contributed by atoms with van der Waals surface area (Å²) >= 11 is 0. The van der Waals surface area contributed by atoms with Crippen molar-refractivity contribution in [1.82, 2.24) is 5.32 Å². The van der Waals surface area contributed by atoms with Crippen molar-refractivity contribution in [1.29, 1.82) is 0 Å². The quantitative estimate of drug-likeness (QED) is 0.460. The Balaban J connectivity index is 4.14. The Hall–Kier alpha value is -0.770. The number of nitrogens with one attached hydrogen (secondary N) is 1. The number of carbonyl (C=O) groups is 1. The van der Waals surface area contributed by atoms with Gasteiger partial charge in [-0.1, -0.05) is 45.4 Å². The van der Waals surface area contributed by atoms with Gasteiger partial charge in [0.05, 0.1) is 5.60 Å². The summed E-state index contributed by atoms with van der Waals surface area (Å²) in [6, 6.07) is -0.434. The van der Waals surface area contributed by atoms with Crippen molar-refractivity contribution in [3.8, 4) is 0 Å². The fourth-order valence-corrected chi connectivity index (χ4v) is 3.06. The van der Waals surface area contributed by atoms with E-state index in [-0.39, 0.29) is 5.60 Å². The number of hydrogen-bond donors (Lipinski definition) is 2. The number of unbranched alkanes of at least 4 members (excludes halogenated alkanes) is 5. The molecule has 0 heterocycles. The standard InChI is InChI=1S/C18H38N2O2/c1-5-7-8-9-10-11-13-16(18(3,4)22-6-2)14-12-15-20-17(19)21/h16H,5-15H2,1-4H3,(H3,19,20,21). The Morgan fingerprint density at radius 1 is 1.05 bits per heavy atom. The van der Waals surface area contributed by atoms with E-state index in [9.17, 15) is 4.79 Å². The van der Waals surface area contributed by atoms with E-state index in [2.05, 4.69) is 33.0 Å². The summed E-state index contributed by atoms with van der Waals surface area (Å²) in [7, 11) is 0. The van der Waals surface area contributed by atoms with Crippen LogP contribution in [0.2, 0.25) is 0 Å². The third kappa shape index (κ3) is 10.9.